The summed E-state index contributed by atoms with van der Waals surface area (Å²) in [6, 6.07) is 11.9. The van der Waals surface area contributed by atoms with Crippen LogP contribution in [0.5, 0.6) is 0 Å². The molecule has 1 saturated heterocycles. The summed E-state index contributed by atoms with van der Waals surface area (Å²) in [7, 11) is 0. The molecule has 1 aliphatic heterocycles. The van der Waals surface area contributed by atoms with Gasteiger partial charge in [0, 0.05) is 16.6 Å². The number of nitrogens with one attached hydrogen (secondary N) is 1. The first-order chi connectivity index (χ1) is 9.24. The zero-order valence-corrected chi connectivity index (χ0v) is 13.1. The number of rotatable bonds is 2. The third-order valence-electron chi connectivity index (χ3n) is 3.40. The Morgan fingerprint density at radius 2 is 2.00 bits per heavy atom. The smallest absolute Gasteiger partial charge is 0.0721 e. The van der Waals surface area contributed by atoms with Crippen LogP contribution in [0.15, 0.2) is 36.4 Å². The number of pyridine rings is 1. The lowest BCUT2D eigenvalue weighted by Gasteiger charge is -2.11. The molecule has 0 radical (unpaired) electrons. The van der Waals surface area contributed by atoms with Crippen molar-refractivity contribution in [3.05, 3.63) is 52.1 Å². The van der Waals surface area contributed by atoms with Gasteiger partial charge in [0.25, 0.3) is 0 Å². The Labute approximate surface area is 134 Å². The normalized spacial score (nSPS) is 17.8. The minimum atomic E-state index is 0. The van der Waals surface area contributed by atoms with Crippen LogP contribution in [0.4, 0.5) is 0 Å². The largest absolute Gasteiger partial charge is 0.309 e. The lowest BCUT2D eigenvalue weighted by Crippen LogP contribution is -2.14. The van der Waals surface area contributed by atoms with Crippen LogP contribution in [-0.4, -0.2) is 11.5 Å². The maximum Gasteiger partial charge on any atom is 0.0721 e. The fourth-order valence-corrected chi connectivity index (χ4v) is 2.94. The van der Waals surface area contributed by atoms with Crippen LogP contribution < -0.4 is 5.32 Å². The van der Waals surface area contributed by atoms with Crippen molar-refractivity contribution in [3.8, 4) is 11.3 Å². The highest BCUT2D eigenvalue weighted by Gasteiger charge is 2.18. The molecule has 5 heteroatoms. The molecule has 2 aromatic rings. The maximum atomic E-state index is 6.24. The summed E-state index contributed by atoms with van der Waals surface area (Å²) in [5, 5.41) is 4.74. The summed E-state index contributed by atoms with van der Waals surface area (Å²) in [4.78, 5) is 4.73. The van der Waals surface area contributed by atoms with Gasteiger partial charge in [-0.2, -0.15) is 0 Å². The number of hydrogen-bond donors (Lipinski definition) is 1. The molecule has 0 spiro atoms. The van der Waals surface area contributed by atoms with Crippen LogP contribution in [0.1, 0.15) is 24.6 Å². The van der Waals surface area contributed by atoms with Gasteiger partial charge in [-0.15, -0.1) is 12.4 Å². The second kappa shape index (κ2) is 6.77. The molecule has 1 aromatic heterocycles. The minimum absolute atomic E-state index is 0. The van der Waals surface area contributed by atoms with E-state index < -0.39 is 0 Å². The first-order valence-corrected chi connectivity index (χ1v) is 7.15. The van der Waals surface area contributed by atoms with Gasteiger partial charge < -0.3 is 5.32 Å². The summed E-state index contributed by atoms with van der Waals surface area (Å²) >= 11 is 12.2. The number of benzene rings is 1. The van der Waals surface area contributed by atoms with E-state index in [9.17, 15) is 0 Å². The van der Waals surface area contributed by atoms with Crippen molar-refractivity contribution in [1.82, 2.24) is 10.3 Å². The quantitative estimate of drug-likeness (QED) is 0.847. The molecule has 2 heterocycles. The van der Waals surface area contributed by atoms with Crippen LogP contribution >= 0.6 is 35.6 Å². The molecule has 0 aliphatic carbocycles. The monoisotopic (exact) mass is 328 g/mol. The fourth-order valence-electron chi connectivity index (χ4n) is 2.43. The van der Waals surface area contributed by atoms with Gasteiger partial charge in [-0.05, 0) is 49.7 Å². The van der Waals surface area contributed by atoms with Gasteiger partial charge in [0.2, 0.25) is 0 Å². The molecule has 1 aliphatic rings. The standard InChI is InChI=1S/C15H14Cl2N2.ClH/c16-10-6-7-11(12(17)9-10)13-3-1-4-15(19-13)14-5-2-8-18-14;/h1,3-4,6-7,9,14,18H,2,5,8H2;1H. The van der Waals surface area contributed by atoms with E-state index in [0.717, 1.165) is 29.9 Å². The summed E-state index contributed by atoms with van der Waals surface area (Å²) < 4.78 is 0. The lowest BCUT2D eigenvalue weighted by atomic mass is 10.1. The second-order valence-electron chi connectivity index (χ2n) is 4.72. The van der Waals surface area contributed by atoms with Crippen molar-refractivity contribution in [2.75, 3.05) is 6.54 Å². The zero-order chi connectivity index (χ0) is 13.2. The molecular weight excluding hydrogens is 315 g/mol. The van der Waals surface area contributed by atoms with Crippen LogP contribution in [0.2, 0.25) is 10.0 Å². The minimum Gasteiger partial charge on any atom is -0.309 e. The lowest BCUT2D eigenvalue weighted by molar-refractivity contribution is 0.628. The predicted octanol–water partition coefficient (Wildman–Crippen LogP) is 4.90. The number of halogens is 3. The van der Waals surface area contributed by atoms with Crippen molar-refractivity contribution in [3.63, 3.8) is 0 Å². The molecule has 1 aromatic carbocycles. The summed E-state index contributed by atoms with van der Waals surface area (Å²) in [5.74, 6) is 0. The van der Waals surface area contributed by atoms with Crippen LogP contribution in [0.3, 0.4) is 0 Å². The van der Waals surface area contributed by atoms with Gasteiger partial charge in [-0.3, -0.25) is 4.98 Å². The first-order valence-electron chi connectivity index (χ1n) is 6.40. The first kappa shape index (κ1) is 15.6. The van der Waals surface area contributed by atoms with Gasteiger partial charge in [-0.1, -0.05) is 29.3 Å². The molecule has 1 fully saturated rings. The average molecular weight is 330 g/mol. The van der Waals surface area contributed by atoms with Crippen molar-refractivity contribution < 1.29 is 0 Å². The fraction of sp³-hybridized carbons (Fsp3) is 0.267. The molecule has 0 saturated carbocycles. The molecule has 1 atom stereocenters. The van der Waals surface area contributed by atoms with E-state index in [1.165, 1.54) is 6.42 Å². The van der Waals surface area contributed by atoms with Crippen molar-refractivity contribution in [1.29, 1.82) is 0 Å². The summed E-state index contributed by atoms with van der Waals surface area (Å²) in [5.41, 5.74) is 2.90. The highest BCUT2D eigenvalue weighted by atomic mass is 35.5. The Morgan fingerprint density at radius 3 is 2.70 bits per heavy atom. The second-order valence-corrected chi connectivity index (χ2v) is 5.56. The van der Waals surface area contributed by atoms with Crippen molar-refractivity contribution >= 4 is 35.6 Å². The van der Waals surface area contributed by atoms with E-state index in [4.69, 9.17) is 28.2 Å². The van der Waals surface area contributed by atoms with E-state index in [-0.39, 0.29) is 12.4 Å². The van der Waals surface area contributed by atoms with Gasteiger partial charge in [0.1, 0.15) is 0 Å². The number of nitrogens with zero attached hydrogens (tertiary/aromatic N) is 1. The van der Waals surface area contributed by atoms with Crippen molar-refractivity contribution in [2.45, 2.75) is 18.9 Å². The zero-order valence-electron chi connectivity index (χ0n) is 10.8. The third-order valence-corrected chi connectivity index (χ3v) is 3.94. The van der Waals surface area contributed by atoms with Crippen LogP contribution in [0.25, 0.3) is 11.3 Å². The molecule has 2 nitrogen and oxygen atoms in total. The van der Waals surface area contributed by atoms with E-state index in [0.29, 0.717) is 16.1 Å². The molecule has 1 unspecified atom stereocenters. The SMILES string of the molecule is Cl.Clc1ccc(-c2cccc(C3CCCN3)n2)c(Cl)c1. The van der Waals surface area contributed by atoms with Crippen LogP contribution in [0, 0.1) is 0 Å². The number of hydrogen-bond acceptors (Lipinski definition) is 2. The Hall–Kier alpha value is -0.800. The Morgan fingerprint density at radius 1 is 1.15 bits per heavy atom. The predicted molar refractivity (Wildman–Crippen MR) is 86.9 cm³/mol. The molecule has 3 rings (SSSR count). The van der Waals surface area contributed by atoms with Crippen molar-refractivity contribution in [2.24, 2.45) is 0 Å². The Kier molecular flexibility index (Phi) is 5.28. The number of aromatic nitrogens is 1. The molecular formula is C15H15Cl3N2. The van der Waals surface area contributed by atoms with Gasteiger partial charge in [0.15, 0.2) is 0 Å². The van der Waals surface area contributed by atoms with Crippen LogP contribution in [-0.2, 0) is 0 Å². The van der Waals surface area contributed by atoms with E-state index in [2.05, 4.69) is 11.4 Å². The summed E-state index contributed by atoms with van der Waals surface area (Å²) in [6.07, 6.45) is 2.35. The highest BCUT2D eigenvalue weighted by molar-refractivity contribution is 6.36. The average Bonchev–Trinajstić information content (AvgIpc) is 2.93. The highest BCUT2D eigenvalue weighted by Crippen LogP contribution is 2.30. The molecule has 0 amide bonds. The molecule has 0 bridgehead atoms. The topological polar surface area (TPSA) is 24.9 Å². The Bertz CT molecular complexity index is 595. The maximum absolute atomic E-state index is 6.24. The molecule has 1 N–H and O–H groups in total. The molecule has 20 heavy (non-hydrogen) atoms. The Balaban J connectivity index is 0.00000147. The van der Waals surface area contributed by atoms with E-state index >= 15 is 0 Å². The van der Waals surface area contributed by atoms with Gasteiger partial charge >= 0.3 is 0 Å². The van der Waals surface area contributed by atoms with E-state index in [1.807, 2.05) is 24.3 Å². The van der Waals surface area contributed by atoms with E-state index in [1.54, 1.807) is 6.07 Å². The van der Waals surface area contributed by atoms with Gasteiger partial charge in [0.05, 0.1) is 16.4 Å². The molecule has 106 valence electrons. The van der Waals surface area contributed by atoms with Gasteiger partial charge in [-0.25, -0.2) is 0 Å². The summed E-state index contributed by atoms with van der Waals surface area (Å²) in [6.45, 7) is 1.07. The third kappa shape index (κ3) is 3.26.